The van der Waals surface area contributed by atoms with Crippen LogP contribution >= 0.6 is 31.9 Å². The Morgan fingerprint density at radius 1 is 1.56 bits per heavy atom. The molecule has 5 heteroatoms. The maximum absolute atomic E-state index is 10.5. The summed E-state index contributed by atoms with van der Waals surface area (Å²) in [6.07, 6.45) is -1.13. The van der Waals surface area contributed by atoms with Crippen molar-refractivity contribution in [1.29, 1.82) is 0 Å². The van der Waals surface area contributed by atoms with Crippen LogP contribution in [0.1, 0.15) is 0 Å². The number of aliphatic hydroxyl groups is 1. The second-order valence-electron chi connectivity index (χ2n) is 1.42. The lowest BCUT2D eigenvalue weighted by atomic mass is 10.5. The first-order chi connectivity index (χ1) is 4.13. The van der Waals surface area contributed by atoms with Gasteiger partial charge in [-0.1, -0.05) is 0 Å². The second-order valence-corrected chi connectivity index (χ2v) is 3.07. The number of ether oxygens (including phenoxy) is 1. The van der Waals surface area contributed by atoms with Crippen LogP contribution in [0.15, 0.2) is 8.96 Å². The molecule has 1 aliphatic heterocycles. The molecule has 0 saturated carbocycles. The number of aliphatic hydroxyl groups excluding tert-OH is 1. The van der Waals surface area contributed by atoms with Gasteiger partial charge in [-0.15, -0.1) is 0 Å². The lowest BCUT2D eigenvalue weighted by molar-refractivity contribution is -0.150. The summed E-state index contributed by atoms with van der Waals surface area (Å²) in [5.74, 6) is -0.547. The second kappa shape index (κ2) is 2.40. The zero-order valence-corrected chi connectivity index (χ0v) is 7.27. The molecule has 3 nitrogen and oxygen atoms in total. The summed E-state index contributed by atoms with van der Waals surface area (Å²) in [5, 5.41) is 8.76. The molecule has 0 aromatic rings. The summed E-state index contributed by atoms with van der Waals surface area (Å²) in [6, 6.07) is 0. The van der Waals surface area contributed by atoms with Crippen LogP contribution in [-0.4, -0.2) is 17.4 Å². The Bertz CT molecular complexity index is 186. The van der Waals surface area contributed by atoms with Crippen LogP contribution in [0.4, 0.5) is 0 Å². The fourth-order valence-corrected chi connectivity index (χ4v) is 0.955. The van der Waals surface area contributed by atoms with Gasteiger partial charge < -0.3 is 9.84 Å². The van der Waals surface area contributed by atoms with Gasteiger partial charge in [-0.05, 0) is 31.9 Å². The van der Waals surface area contributed by atoms with Gasteiger partial charge in [0.15, 0.2) is 0 Å². The van der Waals surface area contributed by atoms with Crippen molar-refractivity contribution in [3.63, 3.8) is 0 Å². The summed E-state index contributed by atoms with van der Waals surface area (Å²) >= 11 is 5.85. The van der Waals surface area contributed by atoms with Crippen LogP contribution in [0.2, 0.25) is 0 Å². The average Bonchev–Trinajstić information content (AvgIpc) is 1.98. The van der Waals surface area contributed by atoms with Crippen molar-refractivity contribution in [2.24, 2.45) is 0 Å². The van der Waals surface area contributed by atoms with Crippen LogP contribution in [0.3, 0.4) is 0 Å². The molecule has 1 N–H and O–H groups in total. The average molecular weight is 258 g/mol. The predicted octanol–water partition coefficient (Wildman–Crippen LogP) is 0.863. The Kier molecular flexibility index (Phi) is 1.93. The zero-order valence-electron chi connectivity index (χ0n) is 4.10. The summed E-state index contributed by atoms with van der Waals surface area (Å²) in [7, 11) is 0. The van der Waals surface area contributed by atoms with Crippen molar-refractivity contribution in [2.45, 2.75) is 6.29 Å². The molecule has 0 aliphatic carbocycles. The fourth-order valence-electron chi connectivity index (χ4n) is 0.411. The Labute approximate surface area is 67.9 Å². The van der Waals surface area contributed by atoms with E-state index in [0.29, 0.717) is 4.48 Å². The van der Waals surface area contributed by atoms with Gasteiger partial charge in [-0.25, -0.2) is 4.79 Å². The topological polar surface area (TPSA) is 46.5 Å². The molecule has 1 aliphatic rings. The number of carbonyl (C=O) groups excluding carboxylic acids is 1. The smallest absolute Gasteiger partial charge is 0.348 e. The van der Waals surface area contributed by atoms with E-state index in [0.717, 1.165) is 0 Å². The maximum atomic E-state index is 10.5. The van der Waals surface area contributed by atoms with E-state index < -0.39 is 12.3 Å². The van der Waals surface area contributed by atoms with Gasteiger partial charge in [0.2, 0.25) is 6.29 Å². The highest BCUT2D eigenvalue weighted by Crippen LogP contribution is 2.29. The van der Waals surface area contributed by atoms with Gasteiger partial charge in [-0.3, -0.25) is 0 Å². The molecule has 0 fully saturated rings. The summed E-state index contributed by atoms with van der Waals surface area (Å²) in [5.41, 5.74) is 0. The summed E-state index contributed by atoms with van der Waals surface area (Å²) < 4.78 is 4.92. The van der Waals surface area contributed by atoms with E-state index in [4.69, 9.17) is 5.11 Å². The summed E-state index contributed by atoms with van der Waals surface area (Å²) in [4.78, 5) is 10.5. The highest BCUT2D eigenvalue weighted by atomic mass is 79.9. The van der Waals surface area contributed by atoms with Crippen molar-refractivity contribution in [3.8, 4) is 0 Å². The minimum atomic E-state index is -1.13. The van der Waals surface area contributed by atoms with E-state index in [1.54, 1.807) is 0 Å². The third-order valence-corrected chi connectivity index (χ3v) is 2.90. The normalized spacial score (nSPS) is 27.0. The molecule has 1 heterocycles. The van der Waals surface area contributed by atoms with Crippen LogP contribution in [-0.2, 0) is 9.53 Å². The van der Waals surface area contributed by atoms with E-state index in [2.05, 4.69) is 36.6 Å². The minimum Gasteiger partial charge on any atom is -0.427 e. The van der Waals surface area contributed by atoms with E-state index in [1.807, 2.05) is 0 Å². The van der Waals surface area contributed by atoms with Crippen molar-refractivity contribution < 1.29 is 14.6 Å². The van der Waals surface area contributed by atoms with Gasteiger partial charge >= 0.3 is 5.97 Å². The molecule has 0 amide bonds. The van der Waals surface area contributed by atoms with Gasteiger partial charge in [0.1, 0.15) is 4.48 Å². The standard InChI is InChI=1S/C4H2Br2O3/c5-1-2(6)4(8)9-3(1)7/h3,7H/t3-/m0/s1. The monoisotopic (exact) mass is 256 g/mol. The molecule has 1 rings (SSSR count). The van der Waals surface area contributed by atoms with E-state index in [1.165, 1.54) is 0 Å². The van der Waals surface area contributed by atoms with E-state index in [-0.39, 0.29) is 4.48 Å². The maximum Gasteiger partial charge on any atom is 0.348 e. The van der Waals surface area contributed by atoms with Crippen LogP contribution in [0.25, 0.3) is 0 Å². The molecule has 0 aromatic carbocycles. The number of halogens is 2. The third kappa shape index (κ3) is 1.17. The zero-order chi connectivity index (χ0) is 7.02. The molecular formula is C4H2Br2O3. The highest BCUT2D eigenvalue weighted by Gasteiger charge is 2.28. The van der Waals surface area contributed by atoms with E-state index >= 15 is 0 Å². The third-order valence-electron chi connectivity index (χ3n) is 0.824. The largest absolute Gasteiger partial charge is 0.427 e. The molecule has 1 atom stereocenters. The Morgan fingerprint density at radius 2 is 2.11 bits per heavy atom. The molecule has 50 valence electrons. The molecular weight excluding hydrogens is 256 g/mol. The van der Waals surface area contributed by atoms with E-state index in [9.17, 15) is 4.79 Å². The van der Waals surface area contributed by atoms with Gasteiger partial charge in [0.05, 0.1) is 4.48 Å². The quantitative estimate of drug-likeness (QED) is 0.655. The Hall–Kier alpha value is 0.130. The Balaban J connectivity index is 2.92. The number of rotatable bonds is 0. The van der Waals surface area contributed by atoms with Crippen LogP contribution in [0.5, 0.6) is 0 Å². The van der Waals surface area contributed by atoms with Crippen molar-refractivity contribution >= 4 is 37.8 Å². The molecule has 0 radical (unpaired) electrons. The number of hydrogen-bond acceptors (Lipinski definition) is 3. The lowest BCUT2D eigenvalue weighted by Crippen LogP contribution is -2.06. The molecule has 0 bridgehead atoms. The highest BCUT2D eigenvalue weighted by molar-refractivity contribution is 9.14. The molecule has 0 aromatic heterocycles. The first-order valence-corrected chi connectivity index (χ1v) is 3.65. The predicted molar refractivity (Wildman–Crippen MR) is 37.0 cm³/mol. The molecule has 0 unspecified atom stereocenters. The number of carbonyl (C=O) groups is 1. The SMILES string of the molecule is O=C1O[C@H](O)C(Br)=C1Br. The van der Waals surface area contributed by atoms with Crippen LogP contribution < -0.4 is 0 Å². The first kappa shape index (κ1) is 7.24. The Morgan fingerprint density at radius 3 is 2.22 bits per heavy atom. The van der Waals surface area contributed by atoms with Crippen molar-refractivity contribution in [2.75, 3.05) is 0 Å². The first-order valence-electron chi connectivity index (χ1n) is 2.07. The van der Waals surface area contributed by atoms with Gasteiger partial charge in [0.25, 0.3) is 0 Å². The van der Waals surface area contributed by atoms with Gasteiger partial charge in [0, 0.05) is 0 Å². The molecule has 9 heavy (non-hydrogen) atoms. The van der Waals surface area contributed by atoms with Crippen molar-refractivity contribution in [3.05, 3.63) is 8.96 Å². The molecule has 0 spiro atoms. The number of cyclic esters (lactones) is 1. The fraction of sp³-hybridized carbons (Fsp3) is 0.250. The number of esters is 1. The number of hydrogen-bond donors (Lipinski definition) is 1. The lowest BCUT2D eigenvalue weighted by Gasteiger charge is -1.97. The summed E-state index contributed by atoms with van der Waals surface area (Å²) in [6.45, 7) is 0. The van der Waals surface area contributed by atoms with Crippen molar-refractivity contribution in [1.82, 2.24) is 0 Å². The molecule has 0 saturated heterocycles. The minimum absolute atomic E-state index is 0.245. The van der Waals surface area contributed by atoms with Crippen LogP contribution in [0, 0.1) is 0 Å². The van der Waals surface area contributed by atoms with Gasteiger partial charge in [-0.2, -0.15) is 0 Å².